The van der Waals surface area contributed by atoms with Gasteiger partial charge in [0, 0.05) is 12.5 Å². The van der Waals surface area contributed by atoms with Gasteiger partial charge in [-0.1, -0.05) is 13.8 Å². The Morgan fingerprint density at radius 3 is 2.40 bits per heavy atom. The third-order valence-corrected chi connectivity index (χ3v) is 3.18. The summed E-state index contributed by atoms with van der Waals surface area (Å²) in [6.07, 6.45) is 4.86. The lowest BCUT2D eigenvalue weighted by molar-refractivity contribution is -0.137. The van der Waals surface area contributed by atoms with Gasteiger partial charge in [0.1, 0.15) is 0 Å². The first-order chi connectivity index (χ1) is 7.08. The van der Waals surface area contributed by atoms with Gasteiger partial charge in [-0.25, -0.2) is 0 Å². The summed E-state index contributed by atoms with van der Waals surface area (Å²) >= 11 is 0. The molecule has 1 fully saturated rings. The number of aliphatic carboxylic acids is 1. The summed E-state index contributed by atoms with van der Waals surface area (Å²) in [5, 5.41) is 12.0. The number of carboxylic acids is 1. The van der Waals surface area contributed by atoms with Crippen LogP contribution in [0.2, 0.25) is 0 Å². The van der Waals surface area contributed by atoms with Crippen LogP contribution in [0.15, 0.2) is 0 Å². The Hall–Kier alpha value is -0.570. The van der Waals surface area contributed by atoms with Crippen molar-refractivity contribution in [3.8, 4) is 0 Å². The van der Waals surface area contributed by atoms with E-state index < -0.39 is 5.97 Å². The summed E-state index contributed by atoms with van der Waals surface area (Å²) in [4.78, 5) is 10.3. The summed E-state index contributed by atoms with van der Waals surface area (Å²) in [5.41, 5.74) is 0. The van der Waals surface area contributed by atoms with Crippen LogP contribution in [-0.2, 0) is 4.79 Å². The van der Waals surface area contributed by atoms with Crippen molar-refractivity contribution >= 4 is 5.97 Å². The average molecular weight is 213 g/mol. The number of hydrogen-bond donors (Lipinski definition) is 2. The fourth-order valence-corrected chi connectivity index (χ4v) is 2.66. The normalized spacial score (nSPS) is 31.5. The maximum Gasteiger partial charge on any atom is 0.303 e. The smallest absolute Gasteiger partial charge is 0.303 e. The monoisotopic (exact) mass is 213 g/mol. The molecule has 88 valence electrons. The Balaban J connectivity index is 2.12. The summed E-state index contributed by atoms with van der Waals surface area (Å²) in [5.74, 6) is 0.929. The van der Waals surface area contributed by atoms with E-state index in [-0.39, 0.29) is 6.42 Å². The highest BCUT2D eigenvalue weighted by molar-refractivity contribution is 5.66. The zero-order valence-electron chi connectivity index (χ0n) is 9.83. The Labute approximate surface area is 92.3 Å². The molecule has 2 atom stereocenters. The van der Waals surface area contributed by atoms with Gasteiger partial charge in [0.05, 0.1) is 0 Å². The molecule has 1 saturated carbocycles. The molecule has 0 saturated heterocycles. The molecule has 1 rings (SSSR count). The Morgan fingerprint density at radius 2 is 1.87 bits per heavy atom. The van der Waals surface area contributed by atoms with Crippen molar-refractivity contribution in [2.75, 3.05) is 6.54 Å². The fourth-order valence-electron chi connectivity index (χ4n) is 2.66. The lowest BCUT2D eigenvalue weighted by atomic mass is 9.80. The highest BCUT2D eigenvalue weighted by atomic mass is 16.4. The molecule has 1 aliphatic rings. The second kappa shape index (κ2) is 6.11. The van der Waals surface area contributed by atoms with Crippen molar-refractivity contribution in [3.05, 3.63) is 0 Å². The van der Waals surface area contributed by atoms with Crippen LogP contribution in [0.1, 0.15) is 46.0 Å². The molecule has 3 nitrogen and oxygen atoms in total. The average Bonchev–Trinajstić information content (AvgIpc) is 2.10. The highest BCUT2D eigenvalue weighted by Crippen LogP contribution is 2.28. The van der Waals surface area contributed by atoms with Gasteiger partial charge < -0.3 is 10.4 Å². The first kappa shape index (κ1) is 12.5. The molecule has 2 N–H and O–H groups in total. The Bertz CT molecular complexity index is 196. The SMILES string of the molecule is CC1CC(C)CC(NCCCC(=O)O)C1. The third kappa shape index (κ3) is 5.17. The molecule has 0 aromatic rings. The van der Waals surface area contributed by atoms with Gasteiger partial charge >= 0.3 is 5.97 Å². The summed E-state index contributed by atoms with van der Waals surface area (Å²) in [6, 6.07) is 0.609. The van der Waals surface area contributed by atoms with Gasteiger partial charge in [0.25, 0.3) is 0 Å². The molecule has 0 aliphatic heterocycles. The second-order valence-corrected chi connectivity index (χ2v) is 5.07. The van der Waals surface area contributed by atoms with Gasteiger partial charge in [-0.2, -0.15) is 0 Å². The van der Waals surface area contributed by atoms with E-state index in [1.165, 1.54) is 19.3 Å². The van der Waals surface area contributed by atoms with Gasteiger partial charge in [-0.15, -0.1) is 0 Å². The minimum atomic E-state index is -0.692. The standard InChI is InChI=1S/C12H23NO2/c1-9-6-10(2)8-11(7-9)13-5-3-4-12(14)15/h9-11,13H,3-8H2,1-2H3,(H,14,15). The lowest BCUT2D eigenvalue weighted by Gasteiger charge is -2.32. The first-order valence-corrected chi connectivity index (χ1v) is 6.03. The molecule has 0 bridgehead atoms. The van der Waals surface area contributed by atoms with Crippen molar-refractivity contribution in [1.29, 1.82) is 0 Å². The van der Waals surface area contributed by atoms with Crippen LogP contribution in [0.4, 0.5) is 0 Å². The van der Waals surface area contributed by atoms with E-state index in [2.05, 4.69) is 19.2 Å². The van der Waals surface area contributed by atoms with Crippen molar-refractivity contribution < 1.29 is 9.90 Å². The van der Waals surface area contributed by atoms with Crippen molar-refractivity contribution in [3.63, 3.8) is 0 Å². The number of rotatable bonds is 5. The number of carbonyl (C=O) groups is 1. The van der Waals surface area contributed by atoms with Crippen LogP contribution in [-0.4, -0.2) is 23.7 Å². The van der Waals surface area contributed by atoms with Crippen LogP contribution in [0.5, 0.6) is 0 Å². The number of hydrogen-bond acceptors (Lipinski definition) is 2. The van der Waals surface area contributed by atoms with E-state index in [9.17, 15) is 4.79 Å². The zero-order valence-corrected chi connectivity index (χ0v) is 9.83. The molecule has 1 aliphatic carbocycles. The van der Waals surface area contributed by atoms with Gasteiger partial charge in [0.15, 0.2) is 0 Å². The summed E-state index contributed by atoms with van der Waals surface area (Å²) in [7, 11) is 0. The first-order valence-electron chi connectivity index (χ1n) is 6.03. The molecule has 0 heterocycles. The minimum Gasteiger partial charge on any atom is -0.481 e. The van der Waals surface area contributed by atoms with E-state index in [1.807, 2.05) is 0 Å². The van der Waals surface area contributed by atoms with E-state index in [4.69, 9.17) is 5.11 Å². The van der Waals surface area contributed by atoms with E-state index in [0.717, 1.165) is 24.8 Å². The Morgan fingerprint density at radius 1 is 1.27 bits per heavy atom. The van der Waals surface area contributed by atoms with Crippen LogP contribution < -0.4 is 5.32 Å². The molecule has 0 aromatic heterocycles. The largest absolute Gasteiger partial charge is 0.481 e. The van der Waals surface area contributed by atoms with E-state index >= 15 is 0 Å². The van der Waals surface area contributed by atoms with Gasteiger partial charge in [-0.05, 0) is 44.1 Å². The highest BCUT2D eigenvalue weighted by Gasteiger charge is 2.22. The topological polar surface area (TPSA) is 49.3 Å². The van der Waals surface area contributed by atoms with Crippen LogP contribution in [0, 0.1) is 11.8 Å². The third-order valence-electron chi connectivity index (χ3n) is 3.18. The van der Waals surface area contributed by atoms with Crippen LogP contribution in [0.3, 0.4) is 0 Å². The van der Waals surface area contributed by atoms with Crippen LogP contribution in [0.25, 0.3) is 0 Å². The maximum absolute atomic E-state index is 10.3. The molecular formula is C12H23NO2. The predicted molar refractivity (Wildman–Crippen MR) is 60.8 cm³/mol. The second-order valence-electron chi connectivity index (χ2n) is 5.07. The molecule has 0 radical (unpaired) electrons. The van der Waals surface area contributed by atoms with E-state index in [1.54, 1.807) is 0 Å². The Kier molecular flexibility index (Phi) is 5.09. The maximum atomic E-state index is 10.3. The lowest BCUT2D eigenvalue weighted by Crippen LogP contribution is -2.36. The van der Waals surface area contributed by atoms with Crippen molar-refractivity contribution in [2.24, 2.45) is 11.8 Å². The molecule has 3 heteroatoms. The molecule has 0 amide bonds. The summed E-state index contributed by atoms with van der Waals surface area (Å²) < 4.78 is 0. The summed E-state index contributed by atoms with van der Waals surface area (Å²) in [6.45, 7) is 5.46. The minimum absolute atomic E-state index is 0.283. The fraction of sp³-hybridized carbons (Fsp3) is 0.917. The number of carboxylic acid groups (broad SMARTS) is 1. The van der Waals surface area contributed by atoms with Crippen molar-refractivity contribution in [1.82, 2.24) is 5.32 Å². The molecule has 2 unspecified atom stereocenters. The predicted octanol–water partition coefficient (Wildman–Crippen LogP) is 2.27. The molecule has 0 aromatic carbocycles. The van der Waals surface area contributed by atoms with Gasteiger partial charge in [0.2, 0.25) is 0 Å². The van der Waals surface area contributed by atoms with Crippen LogP contribution >= 0.6 is 0 Å². The molecular weight excluding hydrogens is 190 g/mol. The van der Waals surface area contributed by atoms with Gasteiger partial charge in [-0.3, -0.25) is 4.79 Å². The zero-order chi connectivity index (χ0) is 11.3. The van der Waals surface area contributed by atoms with E-state index in [0.29, 0.717) is 6.04 Å². The van der Waals surface area contributed by atoms with Crippen molar-refractivity contribution in [2.45, 2.75) is 52.0 Å². The number of nitrogens with one attached hydrogen (secondary N) is 1. The molecule has 15 heavy (non-hydrogen) atoms. The quantitative estimate of drug-likeness (QED) is 0.689. The molecule has 0 spiro atoms.